The molecule has 150 valence electrons. The monoisotopic (exact) mass is 430 g/mol. The van der Waals surface area contributed by atoms with Crippen LogP contribution in [0.2, 0.25) is 0 Å². The summed E-state index contributed by atoms with van der Waals surface area (Å²) in [6, 6.07) is 0. The molecule has 0 amide bonds. The molecule has 0 aromatic carbocycles. The molecular formula is C18H28Cl2N6S. The van der Waals surface area contributed by atoms with Gasteiger partial charge < -0.3 is 15.2 Å². The van der Waals surface area contributed by atoms with E-state index in [4.69, 9.17) is 15.7 Å². The van der Waals surface area contributed by atoms with Gasteiger partial charge in [-0.25, -0.2) is 15.0 Å². The van der Waals surface area contributed by atoms with Crippen LogP contribution >= 0.6 is 36.2 Å². The Morgan fingerprint density at radius 1 is 1.19 bits per heavy atom. The van der Waals surface area contributed by atoms with Crippen LogP contribution in [0.5, 0.6) is 0 Å². The highest BCUT2D eigenvalue weighted by atomic mass is 35.5. The van der Waals surface area contributed by atoms with E-state index in [0.717, 1.165) is 41.7 Å². The maximum Gasteiger partial charge on any atom is 0.141 e. The minimum Gasteiger partial charge on any atom is -0.359 e. The standard InChI is InChI=1S/C18H26N6S.2ClH/c1-12-13(2)25-18-16(12)17(21-14(22-18)7-8-19)24(4)10-5-6-15-20-9-11-23(15)3;;/h9,11H,5-8,10,19H2,1-4H3;2*1H. The molecule has 0 bridgehead atoms. The summed E-state index contributed by atoms with van der Waals surface area (Å²) in [7, 11) is 4.15. The van der Waals surface area contributed by atoms with Gasteiger partial charge in [0.15, 0.2) is 0 Å². The Balaban J connectivity index is 0.00000182. The summed E-state index contributed by atoms with van der Waals surface area (Å²) in [6.45, 7) is 5.80. The number of nitrogens with zero attached hydrogens (tertiary/aromatic N) is 5. The van der Waals surface area contributed by atoms with E-state index < -0.39 is 0 Å². The van der Waals surface area contributed by atoms with Gasteiger partial charge in [-0.3, -0.25) is 0 Å². The molecule has 3 aromatic heterocycles. The first-order valence-electron chi connectivity index (χ1n) is 8.65. The molecule has 0 fully saturated rings. The Labute approximate surface area is 177 Å². The number of hydrogen-bond donors (Lipinski definition) is 1. The van der Waals surface area contributed by atoms with Crippen molar-refractivity contribution < 1.29 is 0 Å². The Morgan fingerprint density at radius 2 is 1.93 bits per heavy atom. The fourth-order valence-corrected chi connectivity index (χ4v) is 4.05. The lowest BCUT2D eigenvalue weighted by Gasteiger charge is -2.20. The second-order valence-electron chi connectivity index (χ2n) is 6.45. The Morgan fingerprint density at radius 3 is 2.56 bits per heavy atom. The molecule has 0 saturated heterocycles. The van der Waals surface area contributed by atoms with Gasteiger partial charge in [-0.15, -0.1) is 36.2 Å². The van der Waals surface area contributed by atoms with Crippen molar-refractivity contribution in [3.05, 3.63) is 34.5 Å². The normalized spacial score (nSPS) is 10.6. The van der Waals surface area contributed by atoms with E-state index in [2.05, 4.69) is 35.3 Å². The fourth-order valence-electron chi connectivity index (χ4n) is 3.01. The largest absolute Gasteiger partial charge is 0.359 e. The van der Waals surface area contributed by atoms with Gasteiger partial charge >= 0.3 is 0 Å². The summed E-state index contributed by atoms with van der Waals surface area (Å²) < 4.78 is 2.08. The van der Waals surface area contributed by atoms with Gasteiger partial charge in [-0.05, 0) is 32.4 Å². The molecule has 2 N–H and O–H groups in total. The molecule has 3 aromatic rings. The first-order chi connectivity index (χ1) is 12.0. The quantitative estimate of drug-likeness (QED) is 0.620. The maximum atomic E-state index is 5.71. The minimum absolute atomic E-state index is 0. The summed E-state index contributed by atoms with van der Waals surface area (Å²) in [6.07, 6.45) is 6.54. The number of rotatable bonds is 7. The molecule has 0 atom stereocenters. The number of aryl methyl sites for hydroxylation is 4. The number of thiophene rings is 1. The first kappa shape index (κ1) is 23.6. The highest BCUT2D eigenvalue weighted by Crippen LogP contribution is 2.34. The van der Waals surface area contributed by atoms with Crippen LogP contribution in [0, 0.1) is 13.8 Å². The molecule has 3 heterocycles. The van der Waals surface area contributed by atoms with Crippen molar-refractivity contribution in [1.29, 1.82) is 0 Å². The van der Waals surface area contributed by atoms with Crippen LogP contribution in [-0.2, 0) is 19.9 Å². The number of halogens is 2. The molecule has 0 spiro atoms. The molecule has 0 radical (unpaired) electrons. The molecule has 0 aliphatic rings. The van der Waals surface area contributed by atoms with Gasteiger partial charge in [0.25, 0.3) is 0 Å². The molecule has 9 heteroatoms. The summed E-state index contributed by atoms with van der Waals surface area (Å²) in [5.41, 5.74) is 7.00. The van der Waals surface area contributed by atoms with Crippen LogP contribution in [0.4, 0.5) is 5.82 Å². The number of imidazole rings is 1. The van der Waals surface area contributed by atoms with Crippen molar-refractivity contribution in [2.24, 2.45) is 12.8 Å². The van der Waals surface area contributed by atoms with Crippen LogP contribution in [0.3, 0.4) is 0 Å². The van der Waals surface area contributed by atoms with Gasteiger partial charge in [0, 0.05) is 50.8 Å². The lowest BCUT2D eigenvalue weighted by molar-refractivity contribution is 0.709. The topological polar surface area (TPSA) is 72.9 Å². The van der Waals surface area contributed by atoms with Gasteiger partial charge in [-0.1, -0.05) is 0 Å². The zero-order chi connectivity index (χ0) is 18.0. The minimum atomic E-state index is 0. The highest BCUT2D eigenvalue weighted by molar-refractivity contribution is 7.18. The second-order valence-corrected chi connectivity index (χ2v) is 7.65. The SMILES string of the molecule is Cc1sc2nc(CCN)nc(N(C)CCCc3nccn3C)c2c1C.Cl.Cl. The fraction of sp³-hybridized carbons (Fsp3) is 0.500. The maximum absolute atomic E-state index is 5.71. The molecule has 0 aliphatic carbocycles. The van der Waals surface area contributed by atoms with Crippen molar-refractivity contribution in [1.82, 2.24) is 19.5 Å². The predicted molar refractivity (Wildman–Crippen MR) is 119 cm³/mol. The van der Waals surface area contributed by atoms with Crippen LogP contribution in [-0.4, -0.2) is 39.7 Å². The summed E-state index contributed by atoms with van der Waals surface area (Å²) in [4.78, 5) is 18.5. The summed E-state index contributed by atoms with van der Waals surface area (Å²) in [5, 5.41) is 1.18. The van der Waals surface area contributed by atoms with E-state index in [1.54, 1.807) is 11.3 Å². The van der Waals surface area contributed by atoms with E-state index in [-0.39, 0.29) is 24.8 Å². The molecule has 0 saturated carbocycles. The van der Waals surface area contributed by atoms with Gasteiger partial charge in [0.2, 0.25) is 0 Å². The van der Waals surface area contributed by atoms with E-state index in [9.17, 15) is 0 Å². The summed E-state index contributed by atoms with van der Waals surface area (Å²) in [5.74, 6) is 2.98. The van der Waals surface area contributed by atoms with Crippen molar-refractivity contribution >= 4 is 52.2 Å². The van der Waals surface area contributed by atoms with Crippen LogP contribution < -0.4 is 10.6 Å². The zero-order valence-corrected chi connectivity index (χ0v) is 18.7. The third-order valence-corrected chi connectivity index (χ3v) is 5.70. The molecule has 6 nitrogen and oxygen atoms in total. The van der Waals surface area contributed by atoms with E-state index in [0.29, 0.717) is 13.0 Å². The van der Waals surface area contributed by atoms with Gasteiger partial charge in [0.1, 0.15) is 22.3 Å². The Bertz CT molecular complexity index is 876. The first-order valence-corrected chi connectivity index (χ1v) is 9.47. The van der Waals surface area contributed by atoms with Crippen molar-refractivity contribution in [3.8, 4) is 0 Å². The van der Waals surface area contributed by atoms with Gasteiger partial charge in [-0.2, -0.15) is 0 Å². The molecule has 0 unspecified atom stereocenters. The average Bonchev–Trinajstić information content (AvgIpc) is 3.11. The van der Waals surface area contributed by atoms with Gasteiger partial charge in [0.05, 0.1) is 5.39 Å². The molecular weight excluding hydrogens is 403 g/mol. The van der Waals surface area contributed by atoms with Crippen molar-refractivity contribution in [3.63, 3.8) is 0 Å². The lowest BCUT2D eigenvalue weighted by atomic mass is 10.2. The molecule has 27 heavy (non-hydrogen) atoms. The predicted octanol–water partition coefficient (Wildman–Crippen LogP) is 3.46. The third-order valence-electron chi connectivity index (χ3n) is 4.60. The number of hydrogen-bond acceptors (Lipinski definition) is 6. The number of fused-ring (bicyclic) bond motifs is 1. The highest BCUT2D eigenvalue weighted by Gasteiger charge is 2.17. The van der Waals surface area contributed by atoms with Crippen LogP contribution in [0.1, 0.15) is 28.5 Å². The van der Waals surface area contributed by atoms with Crippen LogP contribution in [0.25, 0.3) is 10.2 Å². The Kier molecular flexibility index (Phi) is 8.94. The third kappa shape index (κ3) is 5.10. The molecule has 0 aliphatic heterocycles. The van der Waals surface area contributed by atoms with Crippen molar-refractivity contribution in [2.45, 2.75) is 33.1 Å². The summed E-state index contributed by atoms with van der Waals surface area (Å²) >= 11 is 1.74. The van der Waals surface area contributed by atoms with Crippen LogP contribution in [0.15, 0.2) is 12.4 Å². The van der Waals surface area contributed by atoms with Crippen molar-refractivity contribution in [2.75, 3.05) is 25.0 Å². The number of nitrogens with two attached hydrogens (primary N) is 1. The smallest absolute Gasteiger partial charge is 0.141 e. The molecule has 3 rings (SSSR count). The number of anilines is 1. The second kappa shape index (κ2) is 10.2. The van der Waals surface area contributed by atoms with E-state index in [1.807, 2.05) is 19.4 Å². The average molecular weight is 431 g/mol. The van der Waals surface area contributed by atoms with E-state index in [1.165, 1.54) is 15.8 Å². The van der Waals surface area contributed by atoms with E-state index >= 15 is 0 Å². The zero-order valence-electron chi connectivity index (χ0n) is 16.2. The number of aromatic nitrogens is 4. The Hall–Kier alpha value is -1.41. The lowest BCUT2D eigenvalue weighted by Crippen LogP contribution is -2.22.